The van der Waals surface area contributed by atoms with Gasteiger partial charge < -0.3 is 20.1 Å². The Morgan fingerprint density at radius 2 is 2.04 bits per heavy atom. The summed E-state index contributed by atoms with van der Waals surface area (Å²) < 4.78 is 1.95. The fourth-order valence-corrected chi connectivity index (χ4v) is 4.54. The predicted molar refractivity (Wildman–Crippen MR) is 101 cm³/mol. The lowest BCUT2D eigenvalue weighted by Gasteiger charge is -2.20. The van der Waals surface area contributed by atoms with Gasteiger partial charge in [0, 0.05) is 24.0 Å². The normalized spacial score (nSPS) is 29.1. The summed E-state index contributed by atoms with van der Waals surface area (Å²) in [4.78, 5) is 13.2. The second kappa shape index (κ2) is 6.44. The maximum absolute atomic E-state index is 10.3. The quantitative estimate of drug-likeness (QED) is 0.622. The van der Waals surface area contributed by atoms with Gasteiger partial charge in [0.2, 0.25) is 0 Å². The van der Waals surface area contributed by atoms with Crippen LogP contribution >= 0.6 is 11.6 Å². The molecule has 8 heteroatoms. The van der Waals surface area contributed by atoms with Crippen molar-refractivity contribution in [2.45, 2.75) is 31.7 Å². The van der Waals surface area contributed by atoms with E-state index in [4.69, 9.17) is 11.6 Å². The number of halogens is 1. The number of aliphatic hydroxyl groups excluding tert-OH is 2. The van der Waals surface area contributed by atoms with Crippen LogP contribution in [0.4, 0.5) is 5.82 Å². The molecule has 140 valence electrons. The maximum Gasteiger partial charge on any atom is 0.165 e. The van der Waals surface area contributed by atoms with Gasteiger partial charge in [-0.05, 0) is 36.0 Å². The highest BCUT2D eigenvalue weighted by atomic mass is 35.5. The molecule has 1 aromatic carbocycles. The first kappa shape index (κ1) is 16.9. The van der Waals surface area contributed by atoms with Gasteiger partial charge in [-0.1, -0.05) is 23.7 Å². The maximum atomic E-state index is 10.3. The Kier molecular flexibility index (Phi) is 4.03. The van der Waals surface area contributed by atoms with Crippen LogP contribution in [0.1, 0.15) is 12.0 Å². The molecule has 0 bridgehead atoms. The van der Waals surface area contributed by atoms with Crippen molar-refractivity contribution in [3.63, 3.8) is 0 Å². The van der Waals surface area contributed by atoms with Gasteiger partial charge in [-0.3, -0.25) is 0 Å². The van der Waals surface area contributed by atoms with E-state index in [0.29, 0.717) is 35.4 Å². The molecule has 27 heavy (non-hydrogen) atoms. The Bertz CT molecular complexity index is 993. The van der Waals surface area contributed by atoms with E-state index in [1.54, 1.807) is 6.33 Å². The number of rotatable bonds is 5. The molecule has 7 nitrogen and oxygen atoms in total. The lowest BCUT2D eigenvalue weighted by molar-refractivity contribution is -0.00373. The number of fused-ring (bicyclic) bond motifs is 2. The fraction of sp³-hybridized carbons (Fsp3) is 0.421. The Morgan fingerprint density at radius 1 is 1.15 bits per heavy atom. The van der Waals surface area contributed by atoms with E-state index in [0.717, 1.165) is 17.6 Å². The molecular formula is C19H20ClN5O2. The summed E-state index contributed by atoms with van der Waals surface area (Å²) in [6.07, 6.45) is 2.98. The van der Waals surface area contributed by atoms with Crippen molar-refractivity contribution >= 4 is 28.6 Å². The highest BCUT2D eigenvalue weighted by molar-refractivity contribution is 6.30. The summed E-state index contributed by atoms with van der Waals surface area (Å²) in [5.41, 5.74) is 2.47. The third-order valence-electron chi connectivity index (χ3n) is 5.83. The molecule has 0 radical (unpaired) electrons. The van der Waals surface area contributed by atoms with E-state index in [1.807, 2.05) is 28.8 Å². The van der Waals surface area contributed by atoms with Crippen LogP contribution in [-0.2, 0) is 13.1 Å². The Hall–Kier alpha value is -2.22. The number of aliphatic hydroxyl groups is 2. The molecule has 2 aliphatic carbocycles. The zero-order chi connectivity index (χ0) is 18.5. The van der Waals surface area contributed by atoms with Crippen LogP contribution in [0.3, 0.4) is 0 Å². The second-order valence-corrected chi connectivity index (χ2v) is 7.92. The Morgan fingerprint density at radius 3 is 2.81 bits per heavy atom. The number of aromatic nitrogens is 4. The molecule has 0 saturated heterocycles. The van der Waals surface area contributed by atoms with E-state index in [9.17, 15) is 10.2 Å². The Balaban J connectivity index is 1.37. The molecule has 2 aliphatic rings. The molecule has 0 amide bonds. The molecule has 0 aliphatic heterocycles. The van der Waals surface area contributed by atoms with Gasteiger partial charge in [-0.25, -0.2) is 15.0 Å². The SMILES string of the molecule is O[C@@H]1[C@H](O)[C@@H]2C[C@@H]2[C@H]1Cn1cnc2c(NCc3cccc(Cl)c3)ncnc21. The van der Waals surface area contributed by atoms with Gasteiger partial charge in [0.15, 0.2) is 11.5 Å². The van der Waals surface area contributed by atoms with Crippen LogP contribution in [0.15, 0.2) is 36.9 Å². The molecule has 2 heterocycles. The van der Waals surface area contributed by atoms with Crippen LogP contribution in [0.5, 0.6) is 0 Å². The highest BCUT2D eigenvalue weighted by Gasteiger charge is 2.58. The van der Waals surface area contributed by atoms with Crippen LogP contribution in [0.2, 0.25) is 5.02 Å². The van der Waals surface area contributed by atoms with Gasteiger partial charge in [0.25, 0.3) is 0 Å². The summed E-state index contributed by atoms with van der Waals surface area (Å²) in [5, 5.41) is 24.3. The minimum atomic E-state index is -0.673. The average Bonchev–Trinajstić information content (AvgIpc) is 3.30. The monoisotopic (exact) mass is 385 g/mol. The molecule has 5 atom stereocenters. The van der Waals surface area contributed by atoms with Crippen LogP contribution in [-0.4, -0.2) is 41.9 Å². The van der Waals surface area contributed by atoms with Crippen molar-refractivity contribution in [1.82, 2.24) is 19.5 Å². The van der Waals surface area contributed by atoms with Gasteiger partial charge in [0.1, 0.15) is 11.8 Å². The summed E-state index contributed by atoms with van der Waals surface area (Å²) in [7, 11) is 0. The molecule has 5 rings (SSSR count). The average molecular weight is 386 g/mol. The van der Waals surface area contributed by atoms with E-state index in [1.165, 1.54) is 6.33 Å². The lowest BCUT2D eigenvalue weighted by Crippen LogP contribution is -2.31. The van der Waals surface area contributed by atoms with Crippen molar-refractivity contribution in [2.75, 3.05) is 5.32 Å². The van der Waals surface area contributed by atoms with Crippen LogP contribution < -0.4 is 5.32 Å². The van der Waals surface area contributed by atoms with E-state index in [-0.39, 0.29) is 11.8 Å². The van der Waals surface area contributed by atoms with E-state index in [2.05, 4.69) is 20.3 Å². The first-order chi connectivity index (χ1) is 13.1. The number of hydrogen-bond acceptors (Lipinski definition) is 6. The number of benzene rings is 1. The molecule has 3 N–H and O–H groups in total. The number of nitrogens with zero attached hydrogens (tertiary/aromatic N) is 4. The summed E-state index contributed by atoms with van der Waals surface area (Å²) in [6.45, 7) is 1.18. The molecular weight excluding hydrogens is 366 g/mol. The third kappa shape index (κ3) is 2.96. The smallest absolute Gasteiger partial charge is 0.165 e. The van der Waals surface area contributed by atoms with Crippen LogP contribution in [0, 0.1) is 17.8 Å². The largest absolute Gasteiger partial charge is 0.390 e. The molecule has 2 fully saturated rings. The number of hydrogen-bond donors (Lipinski definition) is 3. The molecule has 3 aromatic rings. The third-order valence-corrected chi connectivity index (χ3v) is 6.06. The first-order valence-electron chi connectivity index (χ1n) is 9.12. The van der Waals surface area contributed by atoms with Crippen molar-refractivity contribution < 1.29 is 10.2 Å². The summed E-state index contributed by atoms with van der Waals surface area (Å²) in [5.74, 6) is 1.36. The second-order valence-electron chi connectivity index (χ2n) is 7.48. The summed E-state index contributed by atoms with van der Waals surface area (Å²) in [6, 6.07) is 7.66. The lowest BCUT2D eigenvalue weighted by atomic mass is 9.99. The van der Waals surface area contributed by atoms with E-state index < -0.39 is 12.2 Å². The zero-order valence-corrected chi connectivity index (χ0v) is 15.3. The van der Waals surface area contributed by atoms with Gasteiger partial charge in [-0.2, -0.15) is 0 Å². The van der Waals surface area contributed by atoms with Gasteiger partial charge in [0.05, 0.1) is 18.5 Å². The predicted octanol–water partition coefficient (Wildman–Crippen LogP) is 2.08. The first-order valence-corrected chi connectivity index (χ1v) is 9.50. The van der Waals surface area contributed by atoms with Gasteiger partial charge >= 0.3 is 0 Å². The standard InChI is InChI=1S/C19H20ClN5O2/c20-11-3-1-2-10(4-11)6-21-18-15-19(23-8-22-18)25(9-24-15)7-14-12-5-13(12)16(26)17(14)27/h1-4,8-9,12-14,16-17,26-27H,5-7H2,(H,21,22,23)/t12-,13+,14+,16+,17-/m0/s1. The topological polar surface area (TPSA) is 96.1 Å². The molecule has 0 unspecified atom stereocenters. The molecule has 0 spiro atoms. The highest BCUT2D eigenvalue weighted by Crippen LogP contribution is 2.55. The van der Waals surface area contributed by atoms with Crippen molar-refractivity contribution in [2.24, 2.45) is 17.8 Å². The van der Waals surface area contributed by atoms with Crippen molar-refractivity contribution in [3.8, 4) is 0 Å². The van der Waals surface area contributed by atoms with Crippen molar-refractivity contribution in [1.29, 1.82) is 0 Å². The number of anilines is 1. The number of nitrogens with one attached hydrogen (secondary N) is 1. The number of imidazole rings is 1. The van der Waals surface area contributed by atoms with Crippen LogP contribution in [0.25, 0.3) is 11.2 Å². The molecule has 2 aromatic heterocycles. The fourth-order valence-electron chi connectivity index (χ4n) is 4.33. The molecule has 2 saturated carbocycles. The van der Waals surface area contributed by atoms with Crippen molar-refractivity contribution in [3.05, 3.63) is 47.5 Å². The Labute approximate surface area is 161 Å². The minimum absolute atomic E-state index is 0.0419. The summed E-state index contributed by atoms with van der Waals surface area (Å²) >= 11 is 6.04. The zero-order valence-electron chi connectivity index (χ0n) is 14.5. The minimum Gasteiger partial charge on any atom is -0.390 e. The van der Waals surface area contributed by atoms with Gasteiger partial charge in [-0.15, -0.1) is 0 Å². The van der Waals surface area contributed by atoms with E-state index >= 15 is 0 Å².